The van der Waals surface area contributed by atoms with E-state index >= 15 is 0 Å². The van der Waals surface area contributed by atoms with Gasteiger partial charge in [-0.15, -0.1) is 0 Å². The van der Waals surface area contributed by atoms with E-state index in [1.165, 1.54) is 6.07 Å². The molecule has 0 aromatic heterocycles. The molecule has 3 nitrogen and oxygen atoms in total. The molecule has 0 radical (unpaired) electrons. The normalized spacial score (nSPS) is 11.3. The zero-order valence-electron chi connectivity index (χ0n) is 14.1. The number of benzene rings is 4. The molecule has 0 bridgehead atoms. The van der Waals surface area contributed by atoms with E-state index in [1.54, 1.807) is 18.3 Å². The number of nitrogens with one attached hydrogen (secondary N) is 1. The summed E-state index contributed by atoms with van der Waals surface area (Å²) in [6.07, 6.45) is 1.68. The first-order chi connectivity index (χ1) is 13.1. The van der Waals surface area contributed by atoms with Gasteiger partial charge in [0, 0.05) is 11.1 Å². The number of fused-ring (bicyclic) bond motifs is 2. The molecule has 27 heavy (non-hydrogen) atoms. The number of hydrogen-bond acceptors (Lipinski definition) is 2. The molecule has 1 N–H and O–H groups in total. The molecular formula is C22H14Cl2N2O. The number of hydrogen-bond donors (Lipinski definition) is 1. The van der Waals surface area contributed by atoms with Gasteiger partial charge in [-0.1, -0.05) is 71.7 Å². The molecule has 0 atom stereocenters. The molecule has 0 saturated heterocycles. The van der Waals surface area contributed by atoms with Crippen molar-refractivity contribution in [2.24, 2.45) is 5.10 Å². The minimum atomic E-state index is -0.352. The van der Waals surface area contributed by atoms with Crippen LogP contribution in [0.4, 0.5) is 0 Å². The standard InChI is InChI=1S/C22H14Cl2N2O/c23-20-10-9-16(12-21(20)24)22(27)26-25-13-19-17-7-3-1-5-14(17)11-15-6-2-4-8-18(15)19/h1-13H,(H,26,27)/b25-13-. The van der Waals surface area contributed by atoms with Crippen molar-refractivity contribution >= 4 is 56.9 Å². The lowest BCUT2D eigenvalue weighted by molar-refractivity contribution is 0.0955. The third-order valence-electron chi connectivity index (χ3n) is 4.35. The zero-order valence-corrected chi connectivity index (χ0v) is 15.6. The highest BCUT2D eigenvalue weighted by Gasteiger charge is 2.08. The lowest BCUT2D eigenvalue weighted by Gasteiger charge is -2.08. The summed E-state index contributed by atoms with van der Waals surface area (Å²) in [5, 5.41) is 9.28. The molecule has 0 heterocycles. The van der Waals surface area contributed by atoms with Gasteiger partial charge < -0.3 is 0 Å². The van der Waals surface area contributed by atoms with Crippen molar-refractivity contribution < 1.29 is 4.79 Å². The average molecular weight is 393 g/mol. The van der Waals surface area contributed by atoms with E-state index in [4.69, 9.17) is 23.2 Å². The van der Waals surface area contributed by atoms with Gasteiger partial charge in [-0.3, -0.25) is 4.79 Å². The minimum Gasteiger partial charge on any atom is -0.267 e. The molecule has 4 rings (SSSR count). The number of rotatable bonds is 3. The molecule has 4 aromatic carbocycles. The van der Waals surface area contributed by atoms with E-state index in [0.29, 0.717) is 15.6 Å². The van der Waals surface area contributed by atoms with Crippen LogP contribution < -0.4 is 5.43 Å². The van der Waals surface area contributed by atoms with Crippen molar-refractivity contribution in [1.82, 2.24) is 5.43 Å². The van der Waals surface area contributed by atoms with Crippen LogP contribution in [0.2, 0.25) is 10.0 Å². The largest absolute Gasteiger partial charge is 0.271 e. The summed E-state index contributed by atoms with van der Waals surface area (Å²) >= 11 is 11.9. The van der Waals surface area contributed by atoms with Gasteiger partial charge in [0.15, 0.2) is 0 Å². The monoisotopic (exact) mass is 392 g/mol. The van der Waals surface area contributed by atoms with Crippen LogP contribution in [0.5, 0.6) is 0 Å². The van der Waals surface area contributed by atoms with Gasteiger partial charge in [-0.05, 0) is 45.8 Å². The predicted octanol–water partition coefficient (Wildman–Crippen LogP) is 6.06. The van der Waals surface area contributed by atoms with Crippen LogP contribution in [0.25, 0.3) is 21.5 Å². The highest BCUT2D eigenvalue weighted by atomic mass is 35.5. The number of hydrazone groups is 1. The van der Waals surface area contributed by atoms with E-state index in [0.717, 1.165) is 27.1 Å². The van der Waals surface area contributed by atoms with Gasteiger partial charge in [0.25, 0.3) is 5.91 Å². The molecular weight excluding hydrogens is 379 g/mol. The Bertz CT molecular complexity index is 1150. The van der Waals surface area contributed by atoms with E-state index < -0.39 is 0 Å². The number of nitrogens with zero attached hydrogens (tertiary/aromatic N) is 1. The summed E-state index contributed by atoms with van der Waals surface area (Å²) in [5.41, 5.74) is 3.90. The second kappa shape index (κ2) is 7.39. The van der Waals surface area contributed by atoms with Gasteiger partial charge in [0.1, 0.15) is 0 Å². The second-order valence-corrected chi connectivity index (χ2v) is 6.87. The summed E-state index contributed by atoms with van der Waals surface area (Å²) < 4.78 is 0. The van der Waals surface area contributed by atoms with Gasteiger partial charge in [0.05, 0.1) is 16.3 Å². The second-order valence-electron chi connectivity index (χ2n) is 6.06. The summed E-state index contributed by atoms with van der Waals surface area (Å²) in [6.45, 7) is 0. The van der Waals surface area contributed by atoms with Crippen LogP contribution in [0.1, 0.15) is 15.9 Å². The quantitative estimate of drug-likeness (QED) is 0.256. The maximum absolute atomic E-state index is 12.3. The number of carbonyl (C=O) groups is 1. The Kier molecular flexibility index (Phi) is 4.80. The fraction of sp³-hybridized carbons (Fsp3) is 0. The molecule has 0 saturated carbocycles. The molecule has 1 amide bonds. The van der Waals surface area contributed by atoms with Crippen molar-refractivity contribution in [3.05, 3.63) is 94.0 Å². The molecule has 132 valence electrons. The summed E-state index contributed by atoms with van der Waals surface area (Å²) in [7, 11) is 0. The molecule has 0 unspecified atom stereocenters. The van der Waals surface area contributed by atoms with Gasteiger partial charge >= 0.3 is 0 Å². The summed E-state index contributed by atoms with van der Waals surface area (Å²) in [6, 6.07) is 23.1. The fourth-order valence-corrected chi connectivity index (χ4v) is 3.34. The topological polar surface area (TPSA) is 41.5 Å². The Morgan fingerprint density at radius 3 is 2.07 bits per heavy atom. The molecule has 4 aromatic rings. The third kappa shape index (κ3) is 3.52. The van der Waals surface area contributed by atoms with Crippen molar-refractivity contribution in [2.45, 2.75) is 0 Å². The maximum Gasteiger partial charge on any atom is 0.271 e. The van der Waals surface area contributed by atoms with E-state index in [9.17, 15) is 4.79 Å². The Morgan fingerprint density at radius 2 is 1.44 bits per heavy atom. The molecule has 0 aliphatic heterocycles. The molecule has 0 spiro atoms. The van der Waals surface area contributed by atoms with Crippen LogP contribution >= 0.6 is 23.2 Å². The summed E-state index contributed by atoms with van der Waals surface area (Å²) in [4.78, 5) is 12.3. The highest BCUT2D eigenvalue weighted by molar-refractivity contribution is 6.42. The van der Waals surface area contributed by atoms with Crippen LogP contribution in [-0.2, 0) is 0 Å². The van der Waals surface area contributed by atoms with Crippen LogP contribution in [0, 0.1) is 0 Å². The van der Waals surface area contributed by atoms with Crippen LogP contribution in [0.3, 0.4) is 0 Å². The van der Waals surface area contributed by atoms with E-state index in [-0.39, 0.29) is 5.91 Å². The first-order valence-corrected chi connectivity index (χ1v) is 9.08. The molecule has 0 aliphatic carbocycles. The Balaban J connectivity index is 1.69. The van der Waals surface area contributed by atoms with Crippen molar-refractivity contribution in [1.29, 1.82) is 0 Å². The molecule has 5 heteroatoms. The van der Waals surface area contributed by atoms with Crippen LogP contribution in [-0.4, -0.2) is 12.1 Å². The average Bonchev–Trinajstić information content (AvgIpc) is 2.69. The Hall–Kier alpha value is -2.88. The molecule has 0 fully saturated rings. The number of halogens is 2. The van der Waals surface area contributed by atoms with Gasteiger partial charge in [0.2, 0.25) is 0 Å². The lowest BCUT2D eigenvalue weighted by Crippen LogP contribution is -2.17. The zero-order chi connectivity index (χ0) is 18.8. The van der Waals surface area contributed by atoms with E-state index in [2.05, 4.69) is 28.7 Å². The van der Waals surface area contributed by atoms with Gasteiger partial charge in [-0.25, -0.2) is 5.43 Å². The van der Waals surface area contributed by atoms with Crippen molar-refractivity contribution in [3.63, 3.8) is 0 Å². The van der Waals surface area contributed by atoms with Crippen LogP contribution in [0.15, 0.2) is 77.9 Å². The third-order valence-corrected chi connectivity index (χ3v) is 5.09. The van der Waals surface area contributed by atoms with Crippen molar-refractivity contribution in [2.75, 3.05) is 0 Å². The van der Waals surface area contributed by atoms with Gasteiger partial charge in [-0.2, -0.15) is 5.10 Å². The highest BCUT2D eigenvalue weighted by Crippen LogP contribution is 2.27. The first kappa shape index (κ1) is 17.5. The number of carbonyl (C=O) groups excluding carboxylic acids is 1. The Labute approximate surface area is 166 Å². The first-order valence-electron chi connectivity index (χ1n) is 8.32. The smallest absolute Gasteiger partial charge is 0.267 e. The Morgan fingerprint density at radius 1 is 0.815 bits per heavy atom. The van der Waals surface area contributed by atoms with Crippen molar-refractivity contribution in [3.8, 4) is 0 Å². The lowest BCUT2D eigenvalue weighted by atomic mass is 9.97. The van der Waals surface area contributed by atoms with E-state index in [1.807, 2.05) is 36.4 Å². The fourth-order valence-electron chi connectivity index (χ4n) is 3.05. The SMILES string of the molecule is O=C(N/N=C\c1c2ccccc2cc2ccccc12)c1ccc(Cl)c(Cl)c1. The molecule has 0 aliphatic rings. The number of amides is 1. The maximum atomic E-state index is 12.3. The predicted molar refractivity (Wildman–Crippen MR) is 113 cm³/mol. The summed E-state index contributed by atoms with van der Waals surface area (Å²) in [5.74, 6) is -0.352. The minimum absolute atomic E-state index is 0.327.